The van der Waals surface area contributed by atoms with Crippen LogP contribution in [-0.2, 0) is 0 Å². The third-order valence-corrected chi connectivity index (χ3v) is 2.97. The van der Waals surface area contributed by atoms with Gasteiger partial charge < -0.3 is 15.6 Å². The summed E-state index contributed by atoms with van der Waals surface area (Å²) < 4.78 is 5.32. The highest BCUT2D eigenvalue weighted by molar-refractivity contribution is 5.37. The first-order chi connectivity index (χ1) is 8.10. The topological polar surface area (TPSA) is 55.5 Å². The van der Waals surface area contributed by atoms with Crippen LogP contribution < -0.4 is 10.5 Å². The van der Waals surface area contributed by atoms with Crippen molar-refractivity contribution in [2.75, 3.05) is 13.7 Å². The first kappa shape index (κ1) is 14.0. The minimum atomic E-state index is -0.420. The highest BCUT2D eigenvalue weighted by Gasteiger charge is 2.23. The second kappa shape index (κ2) is 6.62. The Bertz CT molecular complexity index is 339. The van der Waals surface area contributed by atoms with Crippen molar-refractivity contribution in [2.45, 2.75) is 32.3 Å². The highest BCUT2D eigenvalue weighted by atomic mass is 16.5. The second-order valence-electron chi connectivity index (χ2n) is 4.78. The van der Waals surface area contributed by atoms with Crippen molar-refractivity contribution in [3.8, 4) is 5.75 Å². The van der Waals surface area contributed by atoms with Gasteiger partial charge in [-0.15, -0.1) is 0 Å². The van der Waals surface area contributed by atoms with Gasteiger partial charge in [-0.25, -0.2) is 0 Å². The fraction of sp³-hybridized carbons (Fsp3) is 0.571. The van der Waals surface area contributed by atoms with Crippen molar-refractivity contribution in [2.24, 2.45) is 11.7 Å². The monoisotopic (exact) mass is 237 g/mol. The average molecular weight is 237 g/mol. The molecule has 0 radical (unpaired) electrons. The number of hydrogen-bond acceptors (Lipinski definition) is 3. The number of benzene rings is 1. The van der Waals surface area contributed by atoms with Gasteiger partial charge in [0.2, 0.25) is 0 Å². The molecule has 2 unspecified atom stereocenters. The molecule has 3 nitrogen and oxygen atoms in total. The van der Waals surface area contributed by atoms with Crippen molar-refractivity contribution in [3.63, 3.8) is 0 Å². The molecule has 0 aromatic heterocycles. The molecule has 0 bridgehead atoms. The Kier molecular flexibility index (Phi) is 5.45. The summed E-state index contributed by atoms with van der Waals surface area (Å²) in [6, 6.07) is 7.74. The summed E-state index contributed by atoms with van der Waals surface area (Å²) in [4.78, 5) is 0. The van der Waals surface area contributed by atoms with E-state index in [1.807, 2.05) is 24.3 Å². The van der Waals surface area contributed by atoms with Crippen LogP contribution in [0.3, 0.4) is 0 Å². The van der Waals surface area contributed by atoms with Gasteiger partial charge in [0, 0.05) is 18.0 Å². The van der Waals surface area contributed by atoms with Gasteiger partial charge in [0.1, 0.15) is 5.75 Å². The summed E-state index contributed by atoms with van der Waals surface area (Å²) in [6.07, 6.45) is 0.330. The number of methoxy groups -OCH3 is 1. The van der Waals surface area contributed by atoms with Crippen LogP contribution in [0.4, 0.5) is 0 Å². The van der Waals surface area contributed by atoms with E-state index < -0.39 is 6.10 Å². The number of rotatable bonds is 6. The quantitative estimate of drug-likeness (QED) is 0.797. The zero-order valence-electron chi connectivity index (χ0n) is 10.9. The van der Waals surface area contributed by atoms with Gasteiger partial charge in [-0.05, 0) is 18.4 Å². The molecule has 96 valence electrons. The molecule has 1 rings (SSSR count). The fourth-order valence-corrected chi connectivity index (χ4v) is 2.11. The summed E-state index contributed by atoms with van der Waals surface area (Å²) in [5.41, 5.74) is 6.78. The first-order valence-electron chi connectivity index (χ1n) is 6.11. The molecule has 17 heavy (non-hydrogen) atoms. The Morgan fingerprint density at radius 2 is 1.94 bits per heavy atom. The number of aliphatic hydroxyl groups excluding tert-OH is 1. The molecule has 0 saturated heterocycles. The largest absolute Gasteiger partial charge is 0.496 e. The first-order valence-corrected chi connectivity index (χ1v) is 6.11. The molecule has 1 aromatic rings. The molecule has 0 fully saturated rings. The van der Waals surface area contributed by atoms with Crippen molar-refractivity contribution < 1.29 is 9.84 Å². The van der Waals surface area contributed by atoms with Crippen LogP contribution in [0.2, 0.25) is 0 Å². The summed E-state index contributed by atoms with van der Waals surface area (Å²) in [5, 5.41) is 10.2. The third-order valence-electron chi connectivity index (χ3n) is 2.97. The van der Waals surface area contributed by atoms with Crippen molar-refractivity contribution in [3.05, 3.63) is 29.8 Å². The van der Waals surface area contributed by atoms with E-state index in [4.69, 9.17) is 10.5 Å². The lowest BCUT2D eigenvalue weighted by molar-refractivity contribution is 0.120. The van der Waals surface area contributed by atoms with Gasteiger partial charge in [-0.3, -0.25) is 0 Å². The van der Waals surface area contributed by atoms with E-state index >= 15 is 0 Å². The van der Waals surface area contributed by atoms with Gasteiger partial charge in [-0.1, -0.05) is 32.0 Å². The van der Waals surface area contributed by atoms with Gasteiger partial charge >= 0.3 is 0 Å². The minimum Gasteiger partial charge on any atom is -0.496 e. The second-order valence-corrected chi connectivity index (χ2v) is 4.78. The molecule has 0 amide bonds. The van der Waals surface area contributed by atoms with Crippen LogP contribution >= 0.6 is 0 Å². The maximum atomic E-state index is 10.2. The molecular formula is C14H23NO2. The average Bonchev–Trinajstić information content (AvgIpc) is 2.29. The Labute approximate surface area is 104 Å². The van der Waals surface area contributed by atoms with E-state index in [-0.39, 0.29) is 5.92 Å². The molecule has 0 spiro atoms. The van der Waals surface area contributed by atoms with E-state index in [0.717, 1.165) is 17.7 Å². The fourth-order valence-electron chi connectivity index (χ4n) is 2.11. The molecule has 0 heterocycles. The van der Waals surface area contributed by atoms with Gasteiger partial charge in [0.15, 0.2) is 0 Å². The van der Waals surface area contributed by atoms with E-state index in [9.17, 15) is 5.11 Å². The van der Waals surface area contributed by atoms with Crippen LogP contribution in [0.25, 0.3) is 0 Å². The predicted molar refractivity (Wildman–Crippen MR) is 70.3 cm³/mol. The molecule has 0 aliphatic carbocycles. The van der Waals surface area contributed by atoms with Crippen LogP contribution in [0.15, 0.2) is 24.3 Å². The maximum absolute atomic E-state index is 10.2. The molecule has 3 heteroatoms. The number of ether oxygens (including phenoxy) is 1. The zero-order chi connectivity index (χ0) is 12.8. The Morgan fingerprint density at radius 1 is 1.29 bits per heavy atom. The summed E-state index contributed by atoms with van der Waals surface area (Å²) in [5.74, 6) is 1.19. The van der Waals surface area contributed by atoms with Gasteiger partial charge in [-0.2, -0.15) is 0 Å². The van der Waals surface area contributed by atoms with Crippen LogP contribution in [0.5, 0.6) is 5.75 Å². The number of nitrogens with two attached hydrogens (primary N) is 1. The van der Waals surface area contributed by atoms with Gasteiger partial charge in [0.05, 0.1) is 13.2 Å². The molecular weight excluding hydrogens is 214 g/mol. The normalized spacial score (nSPS) is 14.7. The third kappa shape index (κ3) is 3.72. The van der Waals surface area contributed by atoms with Crippen molar-refractivity contribution in [1.29, 1.82) is 0 Å². The molecule has 2 atom stereocenters. The van der Waals surface area contributed by atoms with Crippen molar-refractivity contribution >= 4 is 0 Å². The molecule has 1 aromatic carbocycles. The Balaban J connectivity index is 2.92. The Hall–Kier alpha value is -1.06. The standard InChI is InChI=1S/C14H23NO2/c1-10(2)8-13(16)12(9-15)11-6-4-5-7-14(11)17-3/h4-7,10,12-13,16H,8-9,15H2,1-3H3. The number of hydrogen-bond donors (Lipinski definition) is 2. The highest BCUT2D eigenvalue weighted by Crippen LogP contribution is 2.30. The number of aliphatic hydroxyl groups is 1. The summed E-state index contributed by atoms with van der Waals surface area (Å²) >= 11 is 0. The van der Waals surface area contributed by atoms with E-state index in [2.05, 4.69) is 13.8 Å². The Morgan fingerprint density at radius 3 is 2.47 bits per heavy atom. The molecule has 0 aliphatic rings. The zero-order valence-corrected chi connectivity index (χ0v) is 10.9. The lowest BCUT2D eigenvalue weighted by atomic mass is 9.88. The molecule has 0 saturated carbocycles. The van der Waals surface area contributed by atoms with E-state index in [1.165, 1.54) is 0 Å². The smallest absolute Gasteiger partial charge is 0.122 e. The van der Waals surface area contributed by atoms with E-state index in [0.29, 0.717) is 12.5 Å². The van der Waals surface area contributed by atoms with Gasteiger partial charge in [0.25, 0.3) is 0 Å². The van der Waals surface area contributed by atoms with Crippen molar-refractivity contribution in [1.82, 2.24) is 0 Å². The van der Waals surface area contributed by atoms with Crippen LogP contribution in [-0.4, -0.2) is 24.9 Å². The lowest BCUT2D eigenvalue weighted by Gasteiger charge is -2.24. The molecule has 0 aliphatic heterocycles. The summed E-state index contributed by atoms with van der Waals surface area (Å²) in [6.45, 7) is 4.62. The minimum absolute atomic E-state index is 0.0615. The maximum Gasteiger partial charge on any atom is 0.122 e. The molecule has 3 N–H and O–H groups in total. The SMILES string of the molecule is COc1ccccc1C(CN)C(O)CC(C)C. The lowest BCUT2D eigenvalue weighted by Crippen LogP contribution is -2.27. The number of para-hydroxylation sites is 1. The van der Waals surface area contributed by atoms with E-state index in [1.54, 1.807) is 7.11 Å². The van der Waals surface area contributed by atoms with Crippen LogP contribution in [0.1, 0.15) is 31.7 Å². The summed E-state index contributed by atoms with van der Waals surface area (Å²) in [7, 11) is 1.64. The predicted octanol–water partition coefficient (Wildman–Crippen LogP) is 2.14. The van der Waals surface area contributed by atoms with Crippen LogP contribution in [0, 0.1) is 5.92 Å².